The van der Waals surface area contributed by atoms with Crippen LogP contribution in [0.1, 0.15) is 17.0 Å². The molecular formula is C16H14N4. The Balaban J connectivity index is 2.26. The van der Waals surface area contributed by atoms with E-state index in [-0.39, 0.29) is 0 Å². The third kappa shape index (κ3) is 1.84. The third-order valence-corrected chi connectivity index (χ3v) is 3.44. The number of benzene rings is 1. The van der Waals surface area contributed by atoms with E-state index < -0.39 is 0 Å². The molecular weight excluding hydrogens is 248 g/mol. The van der Waals surface area contributed by atoms with E-state index in [0.717, 1.165) is 33.5 Å². The molecule has 0 atom stereocenters. The first-order chi connectivity index (χ1) is 9.60. The lowest BCUT2D eigenvalue weighted by Gasteiger charge is -2.05. The van der Waals surface area contributed by atoms with Crippen molar-refractivity contribution in [3.05, 3.63) is 47.3 Å². The minimum atomic E-state index is 0.631. The SMILES string of the molecule is Cc1ccc2cc(-c3c(C#N)c(C)nn3C)ccc2n1. The summed E-state index contributed by atoms with van der Waals surface area (Å²) in [6.45, 7) is 3.83. The van der Waals surface area contributed by atoms with Crippen LogP contribution in [0.5, 0.6) is 0 Å². The highest BCUT2D eigenvalue weighted by Crippen LogP contribution is 2.27. The number of aryl methyl sites for hydroxylation is 3. The number of fused-ring (bicyclic) bond motifs is 1. The number of rotatable bonds is 1. The van der Waals surface area contributed by atoms with Crippen molar-refractivity contribution in [3.8, 4) is 17.3 Å². The van der Waals surface area contributed by atoms with Crippen molar-refractivity contribution in [1.29, 1.82) is 5.26 Å². The lowest BCUT2D eigenvalue weighted by molar-refractivity contribution is 0.764. The summed E-state index contributed by atoms with van der Waals surface area (Å²) < 4.78 is 1.76. The summed E-state index contributed by atoms with van der Waals surface area (Å²) in [6.07, 6.45) is 0. The van der Waals surface area contributed by atoms with Crippen LogP contribution in [0.25, 0.3) is 22.2 Å². The number of pyridine rings is 1. The smallest absolute Gasteiger partial charge is 0.103 e. The first kappa shape index (κ1) is 12.4. The van der Waals surface area contributed by atoms with E-state index in [1.807, 2.05) is 39.1 Å². The van der Waals surface area contributed by atoms with Gasteiger partial charge in [0.15, 0.2) is 0 Å². The Kier molecular flexibility index (Phi) is 2.76. The fourth-order valence-corrected chi connectivity index (χ4v) is 2.50. The van der Waals surface area contributed by atoms with Gasteiger partial charge in [-0.1, -0.05) is 12.1 Å². The van der Waals surface area contributed by atoms with Gasteiger partial charge in [0, 0.05) is 23.7 Å². The number of aromatic nitrogens is 3. The molecule has 0 N–H and O–H groups in total. The van der Waals surface area contributed by atoms with Crippen LogP contribution in [0.15, 0.2) is 30.3 Å². The first-order valence-corrected chi connectivity index (χ1v) is 6.41. The second-order valence-corrected chi connectivity index (χ2v) is 4.90. The molecule has 20 heavy (non-hydrogen) atoms. The molecule has 0 aliphatic carbocycles. The highest BCUT2D eigenvalue weighted by atomic mass is 15.3. The summed E-state index contributed by atoms with van der Waals surface area (Å²) in [5.74, 6) is 0. The second kappa shape index (κ2) is 4.46. The Morgan fingerprint density at radius 2 is 1.95 bits per heavy atom. The average Bonchev–Trinajstić information content (AvgIpc) is 2.72. The summed E-state index contributed by atoms with van der Waals surface area (Å²) in [6, 6.07) is 12.3. The van der Waals surface area contributed by atoms with Crippen molar-refractivity contribution < 1.29 is 0 Å². The minimum absolute atomic E-state index is 0.631. The van der Waals surface area contributed by atoms with Crippen LogP contribution < -0.4 is 0 Å². The minimum Gasteiger partial charge on any atom is -0.266 e. The standard InChI is InChI=1S/C16H14N4/c1-10-4-5-12-8-13(6-7-15(12)18-10)16-14(9-17)11(2)19-20(16)3/h4-8H,1-3H3. The van der Waals surface area contributed by atoms with Crippen LogP contribution in [-0.4, -0.2) is 14.8 Å². The van der Waals surface area contributed by atoms with E-state index in [1.165, 1.54) is 0 Å². The molecule has 0 amide bonds. The van der Waals surface area contributed by atoms with E-state index in [2.05, 4.69) is 28.3 Å². The summed E-state index contributed by atoms with van der Waals surface area (Å²) >= 11 is 0. The molecule has 0 saturated carbocycles. The molecule has 3 rings (SSSR count). The Morgan fingerprint density at radius 3 is 2.70 bits per heavy atom. The molecule has 4 nitrogen and oxygen atoms in total. The molecule has 3 aromatic rings. The van der Waals surface area contributed by atoms with Crippen LogP contribution >= 0.6 is 0 Å². The topological polar surface area (TPSA) is 54.5 Å². The van der Waals surface area contributed by atoms with Crippen LogP contribution in [0.4, 0.5) is 0 Å². The van der Waals surface area contributed by atoms with Gasteiger partial charge in [-0.15, -0.1) is 0 Å². The molecule has 2 aromatic heterocycles. The van der Waals surface area contributed by atoms with Gasteiger partial charge in [-0.2, -0.15) is 10.4 Å². The summed E-state index contributed by atoms with van der Waals surface area (Å²) in [7, 11) is 1.86. The lowest BCUT2D eigenvalue weighted by atomic mass is 10.0. The van der Waals surface area contributed by atoms with Crippen LogP contribution in [0.3, 0.4) is 0 Å². The summed E-state index contributed by atoms with van der Waals surface area (Å²) in [5.41, 5.74) is 5.19. The van der Waals surface area contributed by atoms with Crippen molar-refractivity contribution in [2.45, 2.75) is 13.8 Å². The van der Waals surface area contributed by atoms with Gasteiger partial charge in [0.05, 0.1) is 16.9 Å². The van der Waals surface area contributed by atoms with Crippen LogP contribution in [0, 0.1) is 25.2 Å². The first-order valence-electron chi connectivity index (χ1n) is 6.41. The Labute approximate surface area is 117 Å². The Bertz CT molecular complexity index is 853. The summed E-state index contributed by atoms with van der Waals surface area (Å²) in [5, 5.41) is 14.7. The molecule has 0 saturated heterocycles. The fourth-order valence-electron chi connectivity index (χ4n) is 2.50. The zero-order valence-corrected chi connectivity index (χ0v) is 11.7. The van der Waals surface area contributed by atoms with Crippen LogP contribution in [0.2, 0.25) is 0 Å². The number of nitrogens with zero attached hydrogens (tertiary/aromatic N) is 4. The number of hydrogen-bond acceptors (Lipinski definition) is 3. The predicted molar refractivity (Wildman–Crippen MR) is 78.1 cm³/mol. The molecule has 0 spiro atoms. The van der Waals surface area contributed by atoms with Gasteiger partial charge in [0.2, 0.25) is 0 Å². The fraction of sp³-hybridized carbons (Fsp3) is 0.188. The molecule has 0 fully saturated rings. The lowest BCUT2D eigenvalue weighted by Crippen LogP contribution is -1.95. The molecule has 0 aliphatic heterocycles. The normalized spacial score (nSPS) is 10.7. The molecule has 0 aliphatic rings. The maximum absolute atomic E-state index is 9.31. The van der Waals surface area contributed by atoms with Crippen LogP contribution in [-0.2, 0) is 7.05 Å². The quantitative estimate of drug-likeness (QED) is 0.677. The van der Waals surface area contributed by atoms with Gasteiger partial charge in [-0.25, -0.2) is 0 Å². The molecule has 4 heteroatoms. The zero-order valence-electron chi connectivity index (χ0n) is 11.7. The molecule has 0 bridgehead atoms. The van der Waals surface area contributed by atoms with E-state index in [4.69, 9.17) is 0 Å². The third-order valence-electron chi connectivity index (χ3n) is 3.44. The van der Waals surface area contributed by atoms with E-state index in [9.17, 15) is 5.26 Å². The van der Waals surface area contributed by atoms with Gasteiger partial charge in [-0.3, -0.25) is 9.67 Å². The number of hydrogen-bond donors (Lipinski definition) is 0. The largest absolute Gasteiger partial charge is 0.266 e. The van der Waals surface area contributed by atoms with E-state index in [1.54, 1.807) is 4.68 Å². The monoisotopic (exact) mass is 262 g/mol. The number of nitriles is 1. The molecule has 2 heterocycles. The van der Waals surface area contributed by atoms with Gasteiger partial charge >= 0.3 is 0 Å². The highest BCUT2D eigenvalue weighted by molar-refractivity contribution is 5.85. The maximum atomic E-state index is 9.31. The predicted octanol–water partition coefficient (Wildman–Crippen LogP) is 3.12. The molecule has 1 aromatic carbocycles. The highest BCUT2D eigenvalue weighted by Gasteiger charge is 2.15. The van der Waals surface area contributed by atoms with Crippen molar-refractivity contribution in [2.24, 2.45) is 7.05 Å². The molecule has 0 radical (unpaired) electrons. The van der Waals surface area contributed by atoms with Gasteiger partial charge in [0.25, 0.3) is 0 Å². The summed E-state index contributed by atoms with van der Waals surface area (Å²) in [4.78, 5) is 4.49. The van der Waals surface area contributed by atoms with E-state index >= 15 is 0 Å². The second-order valence-electron chi connectivity index (χ2n) is 4.90. The molecule has 98 valence electrons. The maximum Gasteiger partial charge on any atom is 0.103 e. The molecule has 0 unspecified atom stereocenters. The van der Waals surface area contributed by atoms with Crippen molar-refractivity contribution in [2.75, 3.05) is 0 Å². The van der Waals surface area contributed by atoms with Crippen molar-refractivity contribution in [1.82, 2.24) is 14.8 Å². The zero-order chi connectivity index (χ0) is 14.3. The van der Waals surface area contributed by atoms with Gasteiger partial charge < -0.3 is 0 Å². The van der Waals surface area contributed by atoms with Crippen molar-refractivity contribution in [3.63, 3.8) is 0 Å². The Morgan fingerprint density at radius 1 is 1.15 bits per heavy atom. The van der Waals surface area contributed by atoms with Crippen molar-refractivity contribution >= 4 is 10.9 Å². The van der Waals surface area contributed by atoms with Gasteiger partial charge in [-0.05, 0) is 32.0 Å². The average molecular weight is 262 g/mol. The van der Waals surface area contributed by atoms with E-state index in [0.29, 0.717) is 5.56 Å². The van der Waals surface area contributed by atoms with Gasteiger partial charge in [0.1, 0.15) is 11.6 Å². The Hall–Kier alpha value is -2.67.